The van der Waals surface area contributed by atoms with Gasteiger partial charge in [0.05, 0.1) is 17.5 Å². The first-order chi connectivity index (χ1) is 14.5. The van der Waals surface area contributed by atoms with Crippen molar-refractivity contribution >= 4 is 5.91 Å². The molecule has 1 aliphatic rings. The molecule has 2 heterocycles. The van der Waals surface area contributed by atoms with Crippen molar-refractivity contribution in [3.63, 3.8) is 0 Å². The van der Waals surface area contributed by atoms with Crippen LogP contribution in [0.1, 0.15) is 28.4 Å². The topological polar surface area (TPSA) is 68.5 Å². The predicted octanol–water partition coefficient (Wildman–Crippen LogP) is 3.81. The number of carbonyl (C=O) groups is 1. The highest BCUT2D eigenvalue weighted by molar-refractivity contribution is 5.93. The molecule has 1 saturated heterocycles. The molecule has 0 bridgehead atoms. The van der Waals surface area contributed by atoms with Crippen LogP contribution >= 0.6 is 0 Å². The van der Waals surface area contributed by atoms with E-state index in [9.17, 15) is 9.18 Å². The molecule has 2 N–H and O–H groups in total. The molecular weight excluding hydrogens is 381 g/mol. The van der Waals surface area contributed by atoms with Gasteiger partial charge in [-0.1, -0.05) is 37.3 Å². The molecule has 0 radical (unpaired) electrons. The van der Waals surface area contributed by atoms with Crippen LogP contribution in [0.2, 0.25) is 0 Å². The largest absolute Gasteiger partial charge is 0.486 e. The number of pyridine rings is 1. The van der Waals surface area contributed by atoms with E-state index in [-0.39, 0.29) is 11.7 Å². The second-order valence-corrected chi connectivity index (χ2v) is 7.54. The van der Waals surface area contributed by atoms with Crippen molar-refractivity contribution in [3.05, 3.63) is 83.3 Å². The van der Waals surface area contributed by atoms with Gasteiger partial charge in [0.25, 0.3) is 5.91 Å². The number of ether oxygens (including phenoxy) is 1. The summed E-state index contributed by atoms with van der Waals surface area (Å²) >= 11 is 0. The summed E-state index contributed by atoms with van der Waals surface area (Å²) in [6.07, 6.45) is 2.83. The third-order valence-corrected chi connectivity index (χ3v) is 5.33. The van der Waals surface area contributed by atoms with Crippen LogP contribution in [-0.4, -0.2) is 35.0 Å². The van der Waals surface area contributed by atoms with Crippen LogP contribution < -0.4 is 10.5 Å². The summed E-state index contributed by atoms with van der Waals surface area (Å²) in [5.41, 5.74) is 8.85. The van der Waals surface area contributed by atoms with Crippen molar-refractivity contribution < 1.29 is 13.9 Å². The predicted molar refractivity (Wildman–Crippen MR) is 114 cm³/mol. The number of halogens is 1. The molecule has 0 saturated carbocycles. The Bertz CT molecular complexity index is 1030. The second-order valence-electron chi connectivity index (χ2n) is 7.54. The van der Waals surface area contributed by atoms with E-state index < -0.39 is 11.7 Å². The molecule has 1 aromatic heterocycles. The number of amides is 1. The maximum atomic E-state index is 14.0. The number of rotatable bonds is 7. The van der Waals surface area contributed by atoms with Crippen molar-refractivity contribution in [2.75, 3.05) is 13.1 Å². The second kappa shape index (κ2) is 8.63. The highest BCUT2D eigenvalue weighted by Crippen LogP contribution is 2.24. The Morgan fingerprint density at radius 2 is 1.87 bits per heavy atom. The lowest BCUT2D eigenvalue weighted by Gasteiger charge is -2.39. The Labute approximate surface area is 175 Å². The van der Waals surface area contributed by atoms with Gasteiger partial charge >= 0.3 is 0 Å². The van der Waals surface area contributed by atoms with Crippen LogP contribution in [0, 0.1) is 5.82 Å². The molecule has 5 nitrogen and oxygen atoms in total. The number of nitrogens with zero attached hydrogens (tertiary/aromatic N) is 2. The Morgan fingerprint density at radius 1 is 1.13 bits per heavy atom. The van der Waals surface area contributed by atoms with Crippen LogP contribution in [0.4, 0.5) is 4.39 Å². The molecule has 1 aliphatic heterocycles. The number of hydrogen-bond acceptors (Lipinski definition) is 4. The number of likely N-dealkylation sites (tertiary alicyclic amines) is 1. The zero-order valence-corrected chi connectivity index (χ0v) is 16.8. The van der Waals surface area contributed by atoms with Crippen LogP contribution in [0.25, 0.3) is 11.3 Å². The molecule has 30 heavy (non-hydrogen) atoms. The first-order valence-electron chi connectivity index (χ1n) is 10.0. The maximum absolute atomic E-state index is 14.0. The molecular formula is C24H24FN3O2. The van der Waals surface area contributed by atoms with Gasteiger partial charge in [-0.2, -0.15) is 0 Å². The zero-order valence-electron chi connectivity index (χ0n) is 16.8. The smallest absolute Gasteiger partial charge is 0.251 e. The molecule has 154 valence electrons. The Hall–Kier alpha value is -3.25. The summed E-state index contributed by atoms with van der Waals surface area (Å²) in [6, 6.07) is 16.6. The fourth-order valence-corrected chi connectivity index (χ4v) is 3.55. The average molecular weight is 405 g/mol. The van der Waals surface area contributed by atoms with E-state index in [0.29, 0.717) is 17.0 Å². The number of benzene rings is 2. The van der Waals surface area contributed by atoms with Crippen LogP contribution in [0.5, 0.6) is 5.75 Å². The average Bonchev–Trinajstić information content (AvgIpc) is 2.73. The van der Waals surface area contributed by atoms with E-state index >= 15 is 0 Å². The monoisotopic (exact) mass is 405 g/mol. The maximum Gasteiger partial charge on any atom is 0.251 e. The SMILES string of the molecule is CCc1ccc(CN2CC(Oc3ccc(-c4ccc(C(N)=O)c(F)c4)nc3)C2)cc1. The number of nitrogens with two attached hydrogens (primary N) is 1. The minimum atomic E-state index is -0.789. The van der Waals surface area contributed by atoms with E-state index in [1.807, 2.05) is 6.07 Å². The molecule has 0 atom stereocenters. The van der Waals surface area contributed by atoms with E-state index in [1.54, 1.807) is 18.3 Å². The van der Waals surface area contributed by atoms with Gasteiger partial charge in [-0.3, -0.25) is 14.7 Å². The summed E-state index contributed by atoms with van der Waals surface area (Å²) in [5, 5.41) is 0. The third-order valence-electron chi connectivity index (χ3n) is 5.33. The Kier molecular flexibility index (Phi) is 5.77. The van der Waals surface area contributed by atoms with Crippen molar-refractivity contribution in [2.24, 2.45) is 5.73 Å². The van der Waals surface area contributed by atoms with Crippen LogP contribution in [0.3, 0.4) is 0 Å². The Balaban J connectivity index is 1.30. The molecule has 0 spiro atoms. The van der Waals surface area contributed by atoms with Gasteiger partial charge in [0, 0.05) is 25.2 Å². The van der Waals surface area contributed by atoms with E-state index in [4.69, 9.17) is 10.5 Å². The summed E-state index contributed by atoms with van der Waals surface area (Å²) in [5.74, 6) is -0.755. The fraction of sp³-hybridized carbons (Fsp3) is 0.250. The number of primary amides is 1. The lowest BCUT2D eigenvalue weighted by Crippen LogP contribution is -2.53. The van der Waals surface area contributed by atoms with Crippen LogP contribution in [0.15, 0.2) is 60.8 Å². The van der Waals surface area contributed by atoms with Gasteiger partial charge in [-0.15, -0.1) is 0 Å². The quantitative estimate of drug-likeness (QED) is 0.649. The highest BCUT2D eigenvalue weighted by Gasteiger charge is 2.28. The summed E-state index contributed by atoms with van der Waals surface area (Å²) in [7, 11) is 0. The lowest BCUT2D eigenvalue weighted by molar-refractivity contribution is 0.0144. The first-order valence-corrected chi connectivity index (χ1v) is 10.0. The lowest BCUT2D eigenvalue weighted by atomic mass is 10.1. The Morgan fingerprint density at radius 3 is 2.47 bits per heavy atom. The van der Waals surface area contributed by atoms with Crippen molar-refractivity contribution in [1.82, 2.24) is 9.88 Å². The molecule has 4 rings (SSSR count). The molecule has 0 unspecified atom stereocenters. The van der Waals surface area contributed by atoms with Gasteiger partial charge < -0.3 is 10.5 Å². The summed E-state index contributed by atoms with van der Waals surface area (Å²) < 4.78 is 19.9. The summed E-state index contributed by atoms with van der Waals surface area (Å²) in [4.78, 5) is 17.9. The molecule has 3 aromatic rings. The van der Waals surface area contributed by atoms with Crippen molar-refractivity contribution in [3.8, 4) is 17.0 Å². The van der Waals surface area contributed by atoms with Gasteiger partial charge in [0.1, 0.15) is 17.7 Å². The molecule has 2 aromatic carbocycles. The number of hydrogen-bond donors (Lipinski definition) is 1. The standard InChI is InChI=1S/C24H24FN3O2/c1-2-16-3-5-17(6-4-16)13-28-14-20(15-28)30-19-8-10-23(27-12-19)18-7-9-21(24(26)29)22(25)11-18/h3-12,20H,2,13-15H2,1H3,(H2,26,29). The van der Waals surface area contributed by atoms with Gasteiger partial charge in [0.15, 0.2) is 0 Å². The molecule has 1 amide bonds. The minimum Gasteiger partial charge on any atom is -0.486 e. The molecule has 0 aliphatic carbocycles. The van der Waals surface area contributed by atoms with Crippen molar-refractivity contribution in [1.29, 1.82) is 0 Å². The zero-order chi connectivity index (χ0) is 21.1. The minimum absolute atomic E-state index is 0.130. The first kappa shape index (κ1) is 20.0. The summed E-state index contributed by atoms with van der Waals surface area (Å²) in [6.45, 7) is 4.83. The number of aromatic nitrogens is 1. The number of carbonyl (C=O) groups excluding carboxylic acids is 1. The highest BCUT2D eigenvalue weighted by atomic mass is 19.1. The van der Waals surface area contributed by atoms with E-state index in [0.717, 1.165) is 26.1 Å². The fourth-order valence-electron chi connectivity index (χ4n) is 3.55. The van der Waals surface area contributed by atoms with Gasteiger partial charge in [0.2, 0.25) is 0 Å². The third kappa shape index (κ3) is 4.49. The van der Waals surface area contributed by atoms with Gasteiger partial charge in [-0.25, -0.2) is 4.39 Å². The molecule has 6 heteroatoms. The van der Waals surface area contributed by atoms with Gasteiger partial charge in [-0.05, 0) is 41.8 Å². The van der Waals surface area contributed by atoms with E-state index in [1.165, 1.54) is 23.3 Å². The normalized spacial score (nSPS) is 14.3. The van der Waals surface area contributed by atoms with E-state index in [2.05, 4.69) is 41.1 Å². The number of aryl methyl sites for hydroxylation is 1. The molecule has 1 fully saturated rings. The van der Waals surface area contributed by atoms with Crippen LogP contribution in [-0.2, 0) is 13.0 Å². The van der Waals surface area contributed by atoms with Crippen molar-refractivity contribution in [2.45, 2.75) is 26.0 Å².